The van der Waals surface area contributed by atoms with Gasteiger partial charge in [-0.25, -0.2) is 0 Å². The smallest absolute Gasteiger partial charge is 0.229 e. The summed E-state index contributed by atoms with van der Waals surface area (Å²) in [7, 11) is 0. The van der Waals surface area contributed by atoms with Gasteiger partial charge in [0.15, 0.2) is 0 Å². The normalized spacial score (nSPS) is 17.2. The van der Waals surface area contributed by atoms with Gasteiger partial charge in [0.25, 0.3) is 0 Å². The van der Waals surface area contributed by atoms with E-state index in [-0.39, 0.29) is 24.2 Å². The molecule has 1 saturated heterocycles. The Labute approximate surface area is 145 Å². The number of benzene rings is 2. The van der Waals surface area contributed by atoms with Crippen LogP contribution in [0, 0.1) is 5.92 Å². The second-order valence-corrected chi connectivity index (χ2v) is 6.27. The average Bonchev–Trinajstić information content (AvgIpc) is 3.26. The molecule has 1 aliphatic heterocycles. The number of likely N-dealkylation sites (tertiary alicyclic amines) is 1. The summed E-state index contributed by atoms with van der Waals surface area (Å²) in [6, 6.07) is 17.3. The van der Waals surface area contributed by atoms with Crippen molar-refractivity contribution in [2.75, 3.05) is 11.9 Å². The van der Waals surface area contributed by atoms with E-state index in [4.69, 9.17) is 4.42 Å². The summed E-state index contributed by atoms with van der Waals surface area (Å²) in [5.74, 6) is 0.242. The van der Waals surface area contributed by atoms with Gasteiger partial charge in [0.2, 0.25) is 11.8 Å². The molecule has 1 unspecified atom stereocenters. The zero-order chi connectivity index (χ0) is 17.2. The van der Waals surface area contributed by atoms with Crippen LogP contribution in [0.25, 0.3) is 10.8 Å². The molecule has 0 spiro atoms. The Morgan fingerprint density at radius 3 is 2.80 bits per heavy atom. The van der Waals surface area contributed by atoms with E-state index in [9.17, 15) is 9.59 Å². The highest BCUT2D eigenvalue weighted by atomic mass is 16.3. The van der Waals surface area contributed by atoms with Gasteiger partial charge in [-0.05, 0) is 23.6 Å². The van der Waals surface area contributed by atoms with E-state index in [1.807, 2.05) is 48.5 Å². The Bertz CT molecular complexity index is 912. The zero-order valence-electron chi connectivity index (χ0n) is 13.6. The van der Waals surface area contributed by atoms with Crippen molar-refractivity contribution in [2.24, 2.45) is 5.92 Å². The van der Waals surface area contributed by atoms with Crippen LogP contribution in [0.5, 0.6) is 0 Å². The van der Waals surface area contributed by atoms with Crippen LogP contribution in [-0.2, 0) is 16.1 Å². The molecular weight excluding hydrogens is 316 g/mol. The Morgan fingerprint density at radius 2 is 1.96 bits per heavy atom. The first kappa shape index (κ1) is 15.4. The van der Waals surface area contributed by atoms with Crippen molar-refractivity contribution < 1.29 is 14.0 Å². The van der Waals surface area contributed by atoms with E-state index < -0.39 is 0 Å². The highest BCUT2D eigenvalue weighted by molar-refractivity contribution is 6.04. The predicted molar refractivity (Wildman–Crippen MR) is 94.8 cm³/mol. The first-order valence-electron chi connectivity index (χ1n) is 8.29. The molecule has 126 valence electrons. The van der Waals surface area contributed by atoms with Gasteiger partial charge >= 0.3 is 0 Å². The van der Waals surface area contributed by atoms with E-state index in [1.165, 1.54) is 0 Å². The van der Waals surface area contributed by atoms with Crippen molar-refractivity contribution in [1.82, 2.24) is 4.90 Å². The van der Waals surface area contributed by atoms with Crippen molar-refractivity contribution in [1.29, 1.82) is 0 Å². The molecule has 1 fully saturated rings. The molecule has 2 amide bonds. The Balaban J connectivity index is 1.47. The van der Waals surface area contributed by atoms with Crippen LogP contribution in [0.2, 0.25) is 0 Å². The number of amides is 2. The number of fused-ring (bicyclic) bond motifs is 1. The maximum atomic E-state index is 12.6. The van der Waals surface area contributed by atoms with Gasteiger partial charge in [0.05, 0.1) is 18.7 Å². The molecule has 1 aromatic heterocycles. The summed E-state index contributed by atoms with van der Waals surface area (Å²) in [6.07, 6.45) is 1.82. The standard InChI is InChI=1S/C20H18N2O3/c23-19-11-15(12-22(19)13-16-7-4-10-25-16)20(24)21-18-9-3-6-14-5-1-2-8-17(14)18/h1-10,15H,11-13H2,(H,21,24). The molecule has 0 radical (unpaired) electrons. The number of rotatable bonds is 4. The summed E-state index contributed by atoms with van der Waals surface area (Å²) in [6.45, 7) is 0.819. The van der Waals surface area contributed by atoms with Crippen molar-refractivity contribution in [2.45, 2.75) is 13.0 Å². The van der Waals surface area contributed by atoms with Gasteiger partial charge in [0, 0.05) is 24.0 Å². The molecule has 3 aromatic rings. The van der Waals surface area contributed by atoms with E-state index in [0.29, 0.717) is 13.1 Å². The fraction of sp³-hybridized carbons (Fsp3) is 0.200. The van der Waals surface area contributed by atoms with Crippen molar-refractivity contribution in [3.63, 3.8) is 0 Å². The molecule has 5 heteroatoms. The molecule has 2 aromatic carbocycles. The number of hydrogen-bond acceptors (Lipinski definition) is 3. The van der Waals surface area contributed by atoms with Gasteiger partial charge < -0.3 is 14.6 Å². The third kappa shape index (κ3) is 3.13. The number of furan rings is 1. The summed E-state index contributed by atoms with van der Waals surface area (Å²) in [5.41, 5.74) is 0.778. The van der Waals surface area contributed by atoms with E-state index >= 15 is 0 Å². The van der Waals surface area contributed by atoms with Crippen LogP contribution in [0.3, 0.4) is 0 Å². The second-order valence-electron chi connectivity index (χ2n) is 6.27. The third-order valence-corrected chi connectivity index (χ3v) is 4.56. The molecule has 1 aliphatic rings. The number of carbonyl (C=O) groups excluding carboxylic acids is 2. The van der Waals surface area contributed by atoms with Gasteiger partial charge in [-0.1, -0.05) is 36.4 Å². The SMILES string of the molecule is O=C(Nc1cccc2ccccc12)C1CC(=O)N(Cc2ccco2)C1. The van der Waals surface area contributed by atoms with Gasteiger partial charge in [-0.2, -0.15) is 0 Å². The van der Waals surface area contributed by atoms with E-state index in [2.05, 4.69) is 5.32 Å². The molecule has 4 rings (SSSR count). The monoisotopic (exact) mass is 334 g/mol. The molecule has 25 heavy (non-hydrogen) atoms. The van der Waals surface area contributed by atoms with Gasteiger partial charge in [0.1, 0.15) is 5.76 Å². The fourth-order valence-electron chi connectivity index (χ4n) is 3.26. The Morgan fingerprint density at radius 1 is 1.12 bits per heavy atom. The van der Waals surface area contributed by atoms with Gasteiger partial charge in [-0.15, -0.1) is 0 Å². The topological polar surface area (TPSA) is 62.6 Å². The molecule has 1 N–H and O–H groups in total. The van der Waals surface area contributed by atoms with Crippen LogP contribution in [-0.4, -0.2) is 23.3 Å². The predicted octanol–water partition coefficient (Wildman–Crippen LogP) is 3.42. The van der Waals surface area contributed by atoms with Crippen molar-refractivity contribution >= 4 is 28.3 Å². The van der Waals surface area contributed by atoms with Crippen LogP contribution >= 0.6 is 0 Å². The molecule has 0 bridgehead atoms. The molecule has 0 saturated carbocycles. The molecular formula is C20H18N2O3. The van der Waals surface area contributed by atoms with Crippen LogP contribution < -0.4 is 5.32 Å². The second kappa shape index (κ2) is 6.43. The Hall–Kier alpha value is -3.08. The summed E-state index contributed by atoms with van der Waals surface area (Å²) in [5, 5.41) is 5.05. The molecule has 1 atom stereocenters. The van der Waals surface area contributed by atoms with E-state index in [1.54, 1.807) is 17.2 Å². The number of nitrogens with one attached hydrogen (secondary N) is 1. The van der Waals surface area contributed by atoms with Crippen LogP contribution in [0.1, 0.15) is 12.2 Å². The quantitative estimate of drug-likeness (QED) is 0.795. The zero-order valence-corrected chi connectivity index (χ0v) is 13.6. The average molecular weight is 334 g/mol. The minimum atomic E-state index is -0.346. The number of anilines is 1. The molecule has 5 nitrogen and oxygen atoms in total. The van der Waals surface area contributed by atoms with E-state index in [0.717, 1.165) is 22.2 Å². The molecule has 2 heterocycles. The summed E-state index contributed by atoms with van der Waals surface area (Å²) >= 11 is 0. The number of carbonyl (C=O) groups is 2. The number of nitrogens with zero attached hydrogens (tertiary/aromatic N) is 1. The number of hydrogen-bond donors (Lipinski definition) is 1. The Kier molecular flexibility index (Phi) is 3.98. The minimum absolute atomic E-state index is 0.0190. The summed E-state index contributed by atoms with van der Waals surface area (Å²) in [4.78, 5) is 26.5. The fourth-order valence-corrected chi connectivity index (χ4v) is 3.26. The lowest BCUT2D eigenvalue weighted by molar-refractivity contribution is -0.128. The maximum absolute atomic E-state index is 12.6. The van der Waals surface area contributed by atoms with Gasteiger partial charge in [-0.3, -0.25) is 9.59 Å². The largest absolute Gasteiger partial charge is 0.467 e. The lowest BCUT2D eigenvalue weighted by atomic mass is 10.1. The van der Waals surface area contributed by atoms with Crippen LogP contribution in [0.4, 0.5) is 5.69 Å². The third-order valence-electron chi connectivity index (χ3n) is 4.56. The van der Waals surface area contributed by atoms with Crippen LogP contribution in [0.15, 0.2) is 65.3 Å². The van der Waals surface area contributed by atoms with Crippen molar-refractivity contribution in [3.05, 3.63) is 66.6 Å². The first-order valence-corrected chi connectivity index (χ1v) is 8.29. The lowest BCUT2D eigenvalue weighted by Crippen LogP contribution is -2.27. The minimum Gasteiger partial charge on any atom is -0.467 e. The highest BCUT2D eigenvalue weighted by Gasteiger charge is 2.34. The van der Waals surface area contributed by atoms with Crippen molar-refractivity contribution in [3.8, 4) is 0 Å². The molecule has 0 aliphatic carbocycles. The lowest BCUT2D eigenvalue weighted by Gasteiger charge is -2.15. The maximum Gasteiger partial charge on any atom is 0.229 e. The first-order chi connectivity index (χ1) is 12.2. The highest BCUT2D eigenvalue weighted by Crippen LogP contribution is 2.26. The summed E-state index contributed by atoms with van der Waals surface area (Å²) < 4.78 is 5.29.